The Morgan fingerprint density at radius 2 is 1.75 bits per heavy atom. The maximum atomic E-state index is 12.7. The number of carbonyl (C=O) groups is 2. The lowest BCUT2D eigenvalue weighted by molar-refractivity contribution is -0.116. The van der Waals surface area contributed by atoms with Gasteiger partial charge >= 0.3 is 0 Å². The summed E-state index contributed by atoms with van der Waals surface area (Å²) in [5, 5.41) is 8.65. The number of benzene rings is 2. The van der Waals surface area contributed by atoms with Gasteiger partial charge in [0.15, 0.2) is 11.5 Å². The first kappa shape index (κ1) is 21.5. The van der Waals surface area contributed by atoms with E-state index in [0.717, 1.165) is 13.0 Å². The lowest BCUT2D eigenvalue weighted by atomic mass is 10.1. The van der Waals surface area contributed by atoms with Crippen LogP contribution in [0.3, 0.4) is 0 Å². The molecule has 0 unspecified atom stereocenters. The molecular formula is C20H24ClN3O4. The van der Waals surface area contributed by atoms with Gasteiger partial charge < -0.3 is 25.4 Å². The van der Waals surface area contributed by atoms with Crippen molar-refractivity contribution >= 4 is 35.6 Å². The average Bonchev–Trinajstić information content (AvgIpc) is 2.68. The summed E-state index contributed by atoms with van der Waals surface area (Å²) in [5.74, 6) is 0.835. The molecule has 0 aliphatic carbocycles. The van der Waals surface area contributed by atoms with Crippen LogP contribution in [0.25, 0.3) is 0 Å². The van der Waals surface area contributed by atoms with Crippen molar-refractivity contribution in [3.8, 4) is 11.5 Å². The number of rotatable bonds is 7. The summed E-state index contributed by atoms with van der Waals surface area (Å²) in [4.78, 5) is 24.8. The van der Waals surface area contributed by atoms with Crippen molar-refractivity contribution in [3.05, 3.63) is 48.0 Å². The summed E-state index contributed by atoms with van der Waals surface area (Å²) in [7, 11) is 1.84. The van der Waals surface area contributed by atoms with E-state index in [1.165, 1.54) is 0 Å². The molecule has 1 aliphatic rings. The van der Waals surface area contributed by atoms with Gasteiger partial charge in [0.05, 0.1) is 11.3 Å². The molecule has 0 spiro atoms. The zero-order valence-corrected chi connectivity index (χ0v) is 16.4. The first-order valence-electron chi connectivity index (χ1n) is 8.92. The molecule has 28 heavy (non-hydrogen) atoms. The van der Waals surface area contributed by atoms with E-state index in [1.807, 2.05) is 7.05 Å². The molecule has 7 nitrogen and oxygen atoms in total. The van der Waals surface area contributed by atoms with E-state index in [-0.39, 0.29) is 24.2 Å². The summed E-state index contributed by atoms with van der Waals surface area (Å²) in [6.07, 6.45) is 1.12. The monoisotopic (exact) mass is 405 g/mol. The summed E-state index contributed by atoms with van der Waals surface area (Å²) < 4.78 is 11.0. The molecule has 1 heterocycles. The molecule has 0 aromatic heterocycles. The summed E-state index contributed by atoms with van der Waals surface area (Å²) in [6.45, 7) is 1.76. The van der Waals surface area contributed by atoms with Crippen LogP contribution < -0.4 is 25.4 Å². The summed E-state index contributed by atoms with van der Waals surface area (Å²) in [5.41, 5.74) is 1.48. The highest BCUT2D eigenvalue weighted by Gasteiger charge is 2.16. The fourth-order valence-electron chi connectivity index (χ4n) is 2.75. The van der Waals surface area contributed by atoms with Crippen molar-refractivity contribution in [2.45, 2.75) is 12.8 Å². The third-order valence-electron chi connectivity index (χ3n) is 4.08. The molecule has 0 radical (unpaired) electrons. The number of fused-ring (bicyclic) bond motifs is 1. The molecule has 150 valence electrons. The minimum absolute atomic E-state index is 0. The van der Waals surface area contributed by atoms with E-state index < -0.39 is 0 Å². The van der Waals surface area contributed by atoms with Gasteiger partial charge in [-0.1, -0.05) is 12.1 Å². The average molecular weight is 406 g/mol. The third kappa shape index (κ3) is 5.61. The Labute approximate surface area is 170 Å². The SMILES string of the molecule is CNCCCC(=O)Nc1ccccc1C(=O)Nc1ccc2c(c1)OCCO2.Cl. The Kier molecular flexibility index (Phi) is 8.10. The third-order valence-corrected chi connectivity index (χ3v) is 4.08. The zero-order chi connectivity index (χ0) is 19.1. The Hall–Kier alpha value is -2.77. The second-order valence-electron chi connectivity index (χ2n) is 6.11. The quantitative estimate of drug-likeness (QED) is 0.616. The first-order valence-corrected chi connectivity index (χ1v) is 8.92. The van der Waals surface area contributed by atoms with Crippen LogP contribution in [0.1, 0.15) is 23.2 Å². The van der Waals surface area contributed by atoms with Crippen molar-refractivity contribution in [1.29, 1.82) is 0 Å². The van der Waals surface area contributed by atoms with Crippen LogP contribution in [0.5, 0.6) is 11.5 Å². The molecule has 2 amide bonds. The van der Waals surface area contributed by atoms with Gasteiger partial charge in [0.25, 0.3) is 5.91 Å². The zero-order valence-electron chi connectivity index (χ0n) is 15.6. The predicted molar refractivity (Wildman–Crippen MR) is 111 cm³/mol. The number of hydrogen-bond acceptors (Lipinski definition) is 5. The topological polar surface area (TPSA) is 88.7 Å². The maximum Gasteiger partial charge on any atom is 0.257 e. The largest absolute Gasteiger partial charge is 0.486 e. The molecule has 2 aromatic rings. The van der Waals surface area contributed by atoms with Crippen LogP contribution in [0, 0.1) is 0 Å². The molecule has 3 rings (SSSR count). The Morgan fingerprint density at radius 3 is 2.54 bits per heavy atom. The van der Waals surface area contributed by atoms with Gasteiger partial charge in [0, 0.05) is 18.2 Å². The van der Waals surface area contributed by atoms with Crippen molar-refractivity contribution in [2.75, 3.05) is 37.4 Å². The molecule has 0 saturated carbocycles. The van der Waals surface area contributed by atoms with Crippen LogP contribution in [0.15, 0.2) is 42.5 Å². The molecular weight excluding hydrogens is 382 g/mol. The van der Waals surface area contributed by atoms with E-state index in [1.54, 1.807) is 42.5 Å². The van der Waals surface area contributed by atoms with Crippen molar-refractivity contribution in [2.24, 2.45) is 0 Å². The number of para-hydroxylation sites is 1. The number of halogens is 1. The lowest BCUT2D eigenvalue weighted by Gasteiger charge is -2.19. The first-order chi connectivity index (χ1) is 13.2. The molecule has 1 aliphatic heterocycles. The number of nitrogens with one attached hydrogen (secondary N) is 3. The van der Waals surface area contributed by atoms with Gasteiger partial charge in [-0.05, 0) is 44.3 Å². The van der Waals surface area contributed by atoms with Crippen LogP contribution in [0.2, 0.25) is 0 Å². The number of amides is 2. The van der Waals surface area contributed by atoms with Crippen LogP contribution in [-0.4, -0.2) is 38.6 Å². The number of anilines is 2. The number of hydrogen-bond donors (Lipinski definition) is 3. The molecule has 3 N–H and O–H groups in total. The fourth-order valence-corrected chi connectivity index (χ4v) is 2.75. The van der Waals surface area contributed by atoms with Crippen molar-refractivity contribution in [1.82, 2.24) is 5.32 Å². The van der Waals surface area contributed by atoms with E-state index in [4.69, 9.17) is 9.47 Å². The van der Waals surface area contributed by atoms with Gasteiger partial charge in [0.1, 0.15) is 13.2 Å². The molecule has 8 heteroatoms. The normalized spacial score (nSPS) is 11.9. The predicted octanol–water partition coefficient (Wildman–Crippen LogP) is 3.07. The molecule has 2 aromatic carbocycles. The highest BCUT2D eigenvalue weighted by molar-refractivity contribution is 6.10. The van der Waals surface area contributed by atoms with E-state index >= 15 is 0 Å². The van der Waals surface area contributed by atoms with E-state index in [0.29, 0.717) is 48.1 Å². The van der Waals surface area contributed by atoms with E-state index in [2.05, 4.69) is 16.0 Å². The van der Waals surface area contributed by atoms with E-state index in [9.17, 15) is 9.59 Å². The number of carbonyl (C=O) groups excluding carboxylic acids is 2. The van der Waals surface area contributed by atoms with Gasteiger partial charge in [-0.25, -0.2) is 0 Å². The molecule has 0 fully saturated rings. The van der Waals surface area contributed by atoms with Gasteiger partial charge in [-0.2, -0.15) is 0 Å². The minimum Gasteiger partial charge on any atom is -0.486 e. The number of ether oxygens (including phenoxy) is 2. The van der Waals surface area contributed by atoms with Gasteiger partial charge in [-0.15, -0.1) is 12.4 Å². The van der Waals surface area contributed by atoms with Gasteiger partial charge in [0.2, 0.25) is 5.91 Å². The van der Waals surface area contributed by atoms with Crippen LogP contribution in [0.4, 0.5) is 11.4 Å². The summed E-state index contributed by atoms with van der Waals surface area (Å²) in [6, 6.07) is 12.2. The highest BCUT2D eigenvalue weighted by atomic mass is 35.5. The standard InChI is InChI=1S/C20H23N3O4.ClH/c1-21-10-4-7-19(24)23-16-6-3-2-5-15(16)20(25)22-14-8-9-17-18(13-14)27-12-11-26-17;/h2-3,5-6,8-9,13,21H,4,7,10-12H2,1H3,(H,22,25)(H,23,24);1H. The Bertz CT molecular complexity index is 829. The summed E-state index contributed by atoms with van der Waals surface area (Å²) >= 11 is 0. The van der Waals surface area contributed by atoms with Crippen LogP contribution in [-0.2, 0) is 4.79 Å². The van der Waals surface area contributed by atoms with Crippen molar-refractivity contribution in [3.63, 3.8) is 0 Å². The smallest absolute Gasteiger partial charge is 0.257 e. The van der Waals surface area contributed by atoms with Gasteiger partial charge in [-0.3, -0.25) is 9.59 Å². The molecule has 0 saturated heterocycles. The molecule has 0 bridgehead atoms. The van der Waals surface area contributed by atoms with Crippen molar-refractivity contribution < 1.29 is 19.1 Å². The Balaban J connectivity index is 0.00000280. The fraction of sp³-hybridized carbons (Fsp3) is 0.300. The molecule has 0 atom stereocenters. The Morgan fingerprint density at radius 1 is 1.00 bits per heavy atom. The minimum atomic E-state index is -0.308. The lowest BCUT2D eigenvalue weighted by Crippen LogP contribution is -2.19. The second-order valence-corrected chi connectivity index (χ2v) is 6.11. The highest BCUT2D eigenvalue weighted by Crippen LogP contribution is 2.32. The second kappa shape index (κ2) is 10.5. The maximum absolute atomic E-state index is 12.7. The van der Waals surface area contributed by atoms with Crippen LogP contribution >= 0.6 is 12.4 Å².